The number of nitrogens with one attached hydrogen (secondary N) is 2. The van der Waals surface area contributed by atoms with Gasteiger partial charge >= 0.3 is 0 Å². The van der Waals surface area contributed by atoms with Gasteiger partial charge in [-0.1, -0.05) is 12.8 Å². The van der Waals surface area contributed by atoms with Crippen LogP contribution in [0.25, 0.3) is 0 Å². The second-order valence-electron chi connectivity index (χ2n) is 6.20. The van der Waals surface area contributed by atoms with Crippen molar-refractivity contribution in [3.8, 4) is 0 Å². The highest BCUT2D eigenvalue weighted by molar-refractivity contribution is 6.14. The van der Waals surface area contributed by atoms with Gasteiger partial charge in [-0.15, -0.1) is 0 Å². The Morgan fingerprint density at radius 1 is 1.22 bits per heavy atom. The van der Waals surface area contributed by atoms with E-state index in [9.17, 15) is 18.4 Å². The largest absolute Gasteiger partial charge is 0.365 e. The minimum absolute atomic E-state index is 0.133. The molecule has 1 atom stereocenters. The molecule has 1 heterocycles. The number of ketones is 1. The summed E-state index contributed by atoms with van der Waals surface area (Å²) in [5.74, 6) is -1.39. The van der Waals surface area contributed by atoms with Crippen molar-refractivity contribution in [3.63, 3.8) is 0 Å². The van der Waals surface area contributed by atoms with Crippen LogP contribution in [-0.4, -0.2) is 11.7 Å². The number of hydrogen-bond acceptors (Lipinski definition) is 3. The first-order valence-corrected chi connectivity index (χ1v) is 7.71. The number of carbonyl (C=O) groups excluding carboxylic acids is 2. The van der Waals surface area contributed by atoms with Gasteiger partial charge in [0, 0.05) is 11.6 Å². The van der Waals surface area contributed by atoms with Crippen LogP contribution in [-0.2, 0) is 9.59 Å². The SMILES string of the molecule is C[C@@H](NC1=CC(=O)C2(CCCC2)C(=O)N1)c1cc(F)ccc1F. The molecule has 2 N–H and O–H groups in total. The van der Waals surface area contributed by atoms with Crippen molar-refractivity contribution >= 4 is 11.7 Å². The van der Waals surface area contributed by atoms with Crippen molar-refractivity contribution in [1.29, 1.82) is 0 Å². The molecule has 1 fully saturated rings. The van der Waals surface area contributed by atoms with Gasteiger partial charge in [0.15, 0.2) is 5.78 Å². The maximum Gasteiger partial charge on any atom is 0.239 e. The van der Waals surface area contributed by atoms with E-state index in [2.05, 4.69) is 10.6 Å². The average molecular weight is 320 g/mol. The fourth-order valence-electron chi connectivity index (χ4n) is 3.35. The number of allylic oxidation sites excluding steroid dienone is 1. The second-order valence-corrected chi connectivity index (χ2v) is 6.20. The third kappa shape index (κ3) is 2.73. The first-order valence-electron chi connectivity index (χ1n) is 7.71. The van der Waals surface area contributed by atoms with E-state index in [4.69, 9.17) is 0 Å². The topological polar surface area (TPSA) is 58.2 Å². The van der Waals surface area contributed by atoms with Crippen molar-refractivity contribution in [1.82, 2.24) is 10.6 Å². The van der Waals surface area contributed by atoms with Crippen molar-refractivity contribution in [2.45, 2.75) is 38.6 Å². The van der Waals surface area contributed by atoms with Crippen molar-refractivity contribution in [2.24, 2.45) is 5.41 Å². The maximum atomic E-state index is 13.8. The predicted molar refractivity (Wildman–Crippen MR) is 80.0 cm³/mol. The fraction of sp³-hybridized carbons (Fsp3) is 0.412. The van der Waals surface area contributed by atoms with Crippen molar-refractivity contribution in [2.75, 3.05) is 0 Å². The van der Waals surface area contributed by atoms with Crippen LogP contribution in [0.1, 0.15) is 44.2 Å². The van der Waals surface area contributed by atoms with Gasteiger partial charge < -0.3 is 10.6 Å². The molecular formula is C17H18F2N2O2. The Morgan fingerprint density at radius 2 is 1.91 bits per heavy atom. The van der Waals surface area contributed by atoms with E-state index >= 15 is 0 Å². The summed E-state index contributed by atoms with van der Waals surface area (Å²) in [7, 11) is 0. The first-order chi connectivity index (χ1) is 10.9. The average Bonchev–Trinajstić information content (AvgIpc) is 2.98. The molecule has 0 saturated heterocycles. The van der Waals surface area contributed by atoms with Crippen LogP contribution < -0.4 is 10.6 Å². The quantitative estimate of drug-likeness (QED) is 0.842. The van der Waals surface area contributed by atoms with Crippen LogP contribution in [0.3, 0.4) is 0 Å². The lowest BCUT2D eigenvalue weighted by molar-refractivity contribution is -0.140. The molecule has 1 aliphatic heterocycles. The van der Waals surface area contributed by atoms with E-state index in [-0.39, 0.29) is 23.1 Å². The van der Waals surface area contributed by atoms with Crippen LogP contribution in [0.5, 0.6) is 0 Å². The Morgan fingerprint density at radius 3 is 2.57 bits per heavy atom. The fourth-order valence-corrected chi connectivity index (χ4v) is 3.35. The van der Waals surface area contributed by atoms with Crippen molar-refractivity contribution in [3.05, 3.63) is 47.3 Å². The van der Waals surface area contributed by atoms with Crippen LogP contribution in [0.2, 0.25) is 0 Å². The summed E-state index contributed by atoms with van der Waals surface area (Å²) in [5, 5.41) is 5.56. The Kier molecular flexibility index (Phi) is 3.92. The van der Waals surface area contributed by atoms with Gasteiger partial charge in [0.2, 0.25) is 5.91 Å². The molecule has 1 spiro atoms. The highest BCUT2D eigenvalue weighted by Crippen LogP contribution is 2.41. The van der Waals surface area contributed by atoms with Crippen LogP contribution in [0.4, 0.5) is 8.78 Å². The summed E-state index contributed by atoms with van der Waals surface area (Å²) < 4.78 is 27.1. The van der Waals surface area contributed by atoms with E-state index in [1.54, 1.807) is 6.92 Å². The minimum atomic E-state index is -0.932. The minimum Gasteiger partial charge on any atom is -0.365 e. The normalized spacial score (nSPS) is 21.1. The first kappa shape index (κ1) is 15.6. The summed E-state index contributed by atoms with van der Waals surface area (Å²) in [4.78, 5) is 24.7. The number of carbonyl (C=O) groups is 2. The maximum absolute atomic E-state index is 13.8. The highest BCUT2D eigenvalue weighted by atomic mass is 19.1. The van der Waals surface area contributed by atoms with Crippen molar-refractivity contribution < 1.29 is 18.4 Å². The Bertz CT molecular complexity index is 694. The molecule has 1 saturated carbocycles. The molecule has 1 aromatic rings. The van der Waals surface area contributed by atoms with Gasteiger partial charge in [-0.2, -0.15) is 0 Å². The van der Waals surface area contributed by atoms with Gasteiger partial charge in [-0.25, -0.2) is 8.78 Å². The van der Waals surface area contributed by atoms with Crippen LogP contribution >= 0.6 is 0 Å². The Balaban J connectivity index is 1.79. The van der Waals surface area contributed by atoms with Crippen LogP contribution in [0.15, 0.2) is 30.1 Å². The zero-order valence-corrected chi connectivity index (χ0v) is 12.8. The van der Waals surface area contributed by atoms with Gasteiger partial charge in [0.25, 0.3) is 0 Å². The standard InChI is InChI=1S/C17H18F2N2O2/c1-10(12-8-11(18)4-5-13(12)19)20-15-9-14(22)17(16(23)21-15)6-2-3-7-17/h4-5,8-10,20H,2-3,6-7H2,1H3,(H,21,23)/t10-/m1/s1. The monoisotopic (exact) mass is 320 g/mol. The molecule has 0 radical (unpaired) electrons. The van der Waals surface area contributed by atoms with E-state index in [0.717, 1.165) is 31.0 Å². The molecule has 3 rings (SSSR count). The molecule has 122 valence electrons. The third-order valence-corrected chi connectivity index (χ3v) is 4.68. The van der Waals surface area contributed by atoms with E-state index < -0.39 is 23.1 Å². The number of rotatable bonds is 3. The molecule has 2 aliphatic rings. The summed E-state index contributed by atoms with van der Waals surface area (Å²) in [6.07, 6.45) is 4.22. The highest BCUT2D eigenvalue weighted by Gasteiger charge is 2.49. The molecule has 6 heteroatoms. The summed E-state index contributed by atoms with van der Waals surface area (Å²) in [5.41, 5.74) is -0.799. The Hall–Kier alpha value is -2.24. The van der Waals surface area contributed by atoms with E-state index in [1.807, 2.05) is 0 Å². The van der Waals surface area contributed by atoms with Gasteiger partial charge in [0.1, 0.15) is 22.9 Å². The van der Waals surface area contributed by atoms with Gasteiger partial charge in [0.05, 0.1) is 6.04 Å². The zero-order chi connectivity index (χ0) is 16.6. The zero-order valence-electron chi connectivity index (χ0n) is 12.8. The number of hydrogen-bond donors (Lipinski definition) is 2. The van der Waals surface area contributed by atoms with E-state index in [1.165, 1.54) is 6.08 Å². The molecule has 0 unspecified atom stereocenters. The molecule has 0 aromatic heterocycles. The second kappa shape index (κ2) is 5.76. The molecule has 1 aliphatic carbocycles. The molecular weight excluding hydrogens is 302 g/mol. The lowest BCUT2D eigenvalue weighted by atomic mass is 9.79. The number of amides is 1. The van der Waals surface area contributed by atoms with Gasteiger partial charge in [-0.3, -0.25) is 9.59 Å². The summed E-state index contributed by atoms with van der Waals surface area (Å²) in [6.45, 7) is 1.63. The Labute approximate surface area is 132 Å². The molecule has 1 amide bonds. The van der Waals surface area contributed by atoms with Crippen LogP contribution in [0, 0.1) is 17.0 Å². The summed E-state index contributed by atoms with van der Waals surface area (Å²) in [6, 6.07) is 2.59. The number of benzene rings is 1. The summed E-state index contributed by atoms with van der Waals surface area (Å²) >= 11 is 0. The third-order valence-electron chi connectivity index (χ3n) is 4.68. The molecule has 0 bridgehead atoms. The number of halogens is 2. The predicted octanol–water partition coefficient (Wildman–Crippen LogP) is 2.72. The molecule has 1 aromatic carbocycles. The molecule has 4 nitrogen and oxygen atoms in total. The van der Waals surface area contributed by atoms with E-state index in [0.29, 0.717) is 12.8 Å². The van der Waals surface area contributed by atoms with Gasteiger partial charge in [-0.05, 0) is 38.0 Å². The molecule has 23 heavy (non-hydrogen) atoms. The lowest BCUT2D eigenvalue weighted by Gasteiger charge is -2.31. The lowest BCUT2D eigenvalue weighted by Crippen LogP contribution is -2.50. The smallest absolute Gasteiger partial charge is 0.239 e.